The molecule has 0 spiro atoms. The van der Waals surface area contributed by atoms with Crippen molar-refractivity contribution in [3.05, 3.63) is 24.7 Å². The number of thiophene rings is 1. The van der Waals surface area contributed by atoms with Crippen LogP contribution in [0.15, 0.2) is 20.9 Å². The van der Waals surface area contributed by atoms with Gasteiger partial charge in [0.05, 0.1) is 14.3 Å². The van der Waals surface area contributed by atoms with Gasteiger partial charge in [-0.1, -0.05) is 34.5 Å². The van der Waals surface area contributed by atoms with Crippen LogP contribution in [0.25, 0.3) is 0 Å². The number of nitrogens with zero attached hydrogens (tertiary/aromatic N) is 1. The summed E-state index contributed by atoms with van der Waals surface area (Å²) < 4.78 is 27.4. The number of aromatic nitrogens is 1. The average molecular weight is 394 g/mol. The molecule has 10 heteroatoms. The average Bonchev–Trinajstić information content (AvgIpc) is 2.72. The molecule has 92 valence electrons. The molecule has 4 nitrogen and oxygen atoms in total. The zero-order valence-corrected chi connectivity index (χ0v) is 13.3. The summed E-state index contributed by atoms with van der Waals surface area (Å²) in [6.07, 6.45) is 1.50. The molecule has 1 N–H and O–H groups in total. The van der Waals surface area contributed by atoms with Crippen LogP contribution in [-0.4, -0.2) is 13.4 Å². The van der Waals surface area contributed by atoms with E-state index < -0.39 is 10.0 Å². The van der Waals surface area contributed by atoms with E-state index in [-0.39, 0.29) is 14.4 Å². The Labute approximate surface area is 124 Å². The Balaban J connectivity index is 2.34. The molecular formula is C7H3BrCl2N2O2S3. The standard InChI is InChI=1S/C7H3BrCl2N2O2S3/c8-4-2-11-7(15-4)12-17(13,14)3-1-5(9)16-6(3)10/h1-2H,(H,11,12). The van der Waals surface area contributed by atoms with E-state index in [1.165, 1.54) is 12.3 Å². The first-order chi connectivity index (χ1) is 7.88. The first kappa shape index (κ1) is 13.6. The smallest absolute Gasteiger partial charge is 0.255 e. The van der Waals surface area contributed by atoms with E-state index in [4.69, 9.17) is 23.2 Å². The molecule has 0 saturated carbocycles. The topological polar surface area (TPSA) is 59.1 Å². The molecule has 0 aromatic carbocycles. The van der Waals surface area contributed by atoms with Gasteiger partial charge in [0, 0.05) is 0 Å². The van der Waals surface area contributed by atoms with Crippen LogP contribution in [0, 0.1) is 0 Å². The largest absolute Gasteiger partial charge is 0.266 e. The van der Waals surface area contributed by atoms with Crippen LogP contribution in [0.5, 0.6) is 0 Å². The highest BCUT2D eigenvalue weighted by Crippen LogP contribution is 2.35. The van der Waals surface area contributed by atoms with Gasteiger partial charge in [-0.3, -0.25) is 4.72 Å². The summed E-state index contributed by atoms with van der Waals surface area (Å²) in [5.74, 6) is 0. The lowest BCUT2D eigenvalue weighted by Gasteiger charge is -2.02. The van der Waals surface area contributed by atoms with E-state index in [0.29, 0.717) is 4.34 Å². The third-order valence-electron chi connectivity index (χ3n) is 1.61. The molecule has 0 bridgehead atoms. The van der Waals surface area contributed by atoms with Gasteiger partial charge in [-0.25, -0.2) is 13.4 Å². The summed E-state index contributed by atoms with van der Waals surface area (Å²) in [4.78, 5) is 3.83. The van der Waals surface area contributed by atoms with E-state index in [9.17, 15) is 8.42 Å². The lowest BCUT2D eigenvalue weighted by molar-refractivity contribution is 0.601. The molecule has 0 amide bonds. The fourth-order valence-corrected chi connectivity index (χ4v) is 5.48. The lowest BCUT2D eigenvalue weighted by atomic mass is 10.7. The molecule has 0 aliphatic rings. The van der Waals surface area contributed by atoms with Crippen molar-refractivity contribution in [2.45, 2.75) is 4.90 Å². The summed E-state index contributed by atoms with van der Waals surface area (Å²) in [6.45, 7) is 0. The second-order valence-corrected chi connectivity index (χ2v) is 9.11. The summed E-state index contributed by atoms with van der Waals surface area (Å²) >= 11 is 16.8. The quantitative estimate of drug-likeness (QED) is 0.854. The molecule has 0 aliphatic carbocycles. The summed E-state index contributed by atoms with van der Waals surface area (Å²) in [6, 6.07) is 1.31. The Bertz CT molecular complexity index is 652. The minimum Gasteiger partial charge on any atom is -0.255 e. The van der Waals surface area contributed by atoms with Crippen molar-refractivity contribution in [2.75, 3.05) is 4.72 Å². The van der Waals surface area contributed by atoms with Gasteiger partial charge in [-0.05, 0) is 22.0 Å². The Morgan fingerprint density at radius 2 is 2.06 bits per heavy atom. The number of thiazole rings is 1. The molecule has 2 aromatic rings. The van der Waals surface area contributed by atoms with Gasteiger partial charge in [0.25, 0.3) is 10.0 Å². The predicted molar refractivity (Wildman–Crippen MR) is 75.0 cm³/mol. The molecule has 0 aliphatic heterocycles. The fraction of sp³-hybridized carbons (Fsp3) is 0. The van der Waals surface area contributed by atoms with Crippen molar-refractivity contribution in [3.63, 3.8) is 0 Å². The maximum atomic E-state index is 11.9. The second kappa shape index (κ2) is 5.02. The number of anilines is 1. The van der Waals surface area contributed by atoms with E-state index in [1.807, 2.05) is 0 Å². The highest BCUT2D eigenvalue weighted by atomic mass is 79.9. The van der Waals surface area contributed by atoms with Crippen LogP contribution in [0.3, 0.4) is 0 Å². The van der Waals surface area contributed by atoms with Crippen molar-refractivity contribution in [1.82, 2.24) is 4.98 Å². The van der Waals surface area contributed by atoms with Gasteiger partial charge in [-0.2, -0.15) is 0 Å². The van der Waals surface area contributed by atoms with Crippen LogP contribution < -0.4 is 4.72 Å². The van der Waals surface area contributed by atoms with Crippen LogP contribution in [0.4, 0.5) is 5.13 Å². The lowest BCUT2D eigenvalue weighted by Crippen LogP contribution is -2.12. The number of nitrogens with one attached hydrogen (secondary N) is 1. The molecule has 0 fully saturated rings. The third kappa shape index (κ3) is 3.12. The molecule has 2 rings (SSSR count). The molecule has 17 heavy (non-hydrogen) atoms. The van der Waals surface area contributed by atoms with E-state index in [0.717, 1.165) is 26.5 Å². The molecule has 0 unspecified atom stereocenters. The Hall–Kier alpha value is 0.140. The molecule has 0 atom stereocenters. The molecule has 2 heterocycles. The van der Waals surface area contributed by atoms with Crippen molar-refractivity contribution in [1.29, 1.82) is 0 Å². The molecular weight excluding hydrogens is 391 g/mol. The number of halogens is 3. The van der Waals surface area contributed by atoms with Gasteiger partial charge in [0.15, 0.2) is 5.13 Å². The number of sulfonamides is 1. The fourth-order valence-electron chi connectivity index (χ4n) is 0.980. The monoisotopic (exact) mass is 392 g/mol. The van der Waals surface area contributed by atoms with Gasteiger partial charge < -0.3 is 0 Å². The zero-order chi connectivity index (χ0) is 12.6. The van der Waals surface area contributed by atoms with Gasteiger partial charge in [0.1, 0.15) is 9.23 Å². The van der Waals surface area contributed by atoms with Crippen molar-refractivity contribution in [2.24, 2.45) is 0 Å². The minimum absolute atomic E-state index is 0.0412. The van der Waals surface area contributed by atoms with Gasteiger partial charge in [-0.15, -0.1) is 11.3 Å². The van der Waals surface area contributed by atoms with Crippen molar-refractivity contribution < 1.29 is 8.42 Å². The summed E-state index contributed by atoms with van der Waals surface area (Å²) in [5, 5.41) is 0.260. The Morgan fingerprint density at radius 1 is 1.35 bits per heavy atom. The maximum absolute atomic E-state index is 11.9. The molecule has 2 aromatic heterocycles. The third-order valence-corrected chi connectivity index (χ3v) is 6.23. The van der Waals surface area contributed by atoms with E-state index in [1.54, 1.807) is 0 Å². The predicted octanol–water partition coefficient (Wildman–Crippen LogP) is 4.07. The Morgan fingerprint density at radius 3 is 2.53 bits per heavy atom. The number of hydrogen-bond donors (Lipinski definition) is 1. The SMILES string of the molecule is O=S(=O)(Nc1ncc(Br)s1)c1cc(Cl)sc1Cl. The van der Waals surface area contributed by atoms with Gasteiger partial charge >= 0.3 is 0 Å². The highest BCUT2D eigenvalue weighted by molar-refractivity contribution is 9.11. The van der Waals surface area contributed by atoms with E-state index in [2.05, 4.69) is 25.6 Å². The van der Waals surface area contributed by atoms with Crippen molar-refractivity contribution in [3.8, 4) is 0 Å². The zero-order valence-electron chi connectivity index (χ0n) is 7.78. The van der Waals surface area contributed by atoms with Crippen LogP contribution >= 0.6 is 61.8 Å². The highest BCUT2D eigenvalue weighted by Gasteiger charge is 2.22. The van der Waals surface area contributed by atoms with Crippen LogP contribution in [0.2, 0.25) is 8.67 Å². The first-order valence-corrected chi connectivity index (χ1v) is 8.64. The van der Waals surface area contributed by atoms with Gasteiger partial charge in [0.2, 0.25) is 0 Å². The summed E-state index contributed by atoms with van der Waals surface area (Å²) in [7, 11) is -3.74. The van der Waals surface area contributed by atoms with E-state index >= 15 is 0 Å². The minimum atomic E-state index is -3.74. The summed E-state index contributed by atoms with van der Waals surface area (Å²) in [5.41, 5.74) is 0. The number of rotatable bonds is 3. The van der Waals surface area contributed by atoms with Crippen LogP contribution in [0.1, 0.15) is 0 Å². The van der Waals surface area contributed by atoms with Crippen LogP contribution in [-0.2, 0) is 10.0 Å². The Kier molecular flexibility index (Phi) is 4.01. The number of hydrogen-bond acceptors (Lipinski definition) is 5. The first-order valence-electron chi connectivity index (χ1n) is 3.97. The van der Waals surface area contributed by atoms with Crippen molar-refractivity contribution >= 4 is 77.0 Å². The molecule has 0 radical (unpaired) electrons. The maximum Gasteiger partial charge on any atom is 0.266 e. The second-order valence-electron chi connectivity index (χ2n) is 2.76. The molecule has 0 saturated heterocycles. The normalized spacial score (nSPS) is 11.7.